The molecule has 3 rings (SSSR count). The van der Waals surface area contributed by atoms with Crippen molar-refractivity contribution in [2.24, 2.45) is 0 Å². The van der Waals surface area contributed by atoms with Crippen LogP contribution in [0.1, 0.15) is 33.6 Å². The highest BCUT2D eigenvalue weighted by Gasteiger charge is 2.31. The molecule has 2 amide bonds. The third kappa shape index (κ3) is 8.27. The molecule has 0 spiro atoms. The van der Waals surface area contributed by atoms with E-state index in [1.54, 1.807) is 0 Å². The molecule has 0 aliphatic rings. The molecule has 204 valence electrons. The van der Waals surface area contributed by atoms with Gasteiger partial charge in [-0.15, -0.1) is 16.2 Å². The summed E-state index contributed by atoms with van der Waals surface area (Å²) >= 11 is 6.70. The Morgan fingerprint density at radius 2 is 1.87 bits per heavy atom. The van der Waals surface area contributed by atoms with Crippen LogP contribution in [0.5, 0.6) is 0 Å². The van der Waals surface area contributed by atoms with Gasteiger partial charge >= 0.3 is 6.18 Å². The lowest BCUT2D eigenvalue weighted by molar-refractivity contribution is -0.137. The number of aromatic nitrogens is 2. The molecule has 0 aliphatic heterocycles. The molecule has 0 unspecified atom stereocenters. The van der Waals surface area contributed by atoms with Crippen LogP contribution >= 0.6 is 22.9 Å². The SMILES string of the molecule is Nc1ccc(C(=O)NCc2ccc(S(=O)(=O)NNC(=O)CCCNc3ncc(C(F)(F)F)cc3Cl)s2)cn1. The van der Waals surface area contributed by atoms with Crippen molar-refractivity contribution in [3.05, 3.63) is 63.8 Å². The molecule has 0 atom stereocenters. The minimum Gasteiger partial charge on any atom is -0.384 e. The number of nitrogens with one attached hydrogen (secondary N) is 4. The van der Waals surface area contributed by atoms with Gasteiger partial charge in [-0.2, -0.15) is 13.2 Å². The topological polar surface area (TPSA) is 168 Å². The van der Waals surface area contributed by atoms with Crippen molar-refractivity contribution < 1.29 is 31.2 Å². The Kier molecular flexibility index (Phi) is 9.48. The number of anilines is 2. The molecule has 0 bridgehead atoms. The second-order valence-corrected chi connectivity index (χ2v) is 11.1. The van der Waals surface area contributed by atoms with Gasteiger partial charge in [0.05, 0.1) is 22.7 Å². The van der Waals surface area contributed by atoms with Crippen molar-refractivity contribution in [3.63, 3.8) is 0 Å². The molecular formula is C21H21ClF3N7O4S2. The van der Waals surface area contributed by atoms with Crippen molar-refractivity contribution in [1.29, 1.82) is 0 Å². The maximum absolute atomic E-state index is 12.7. The lowest BCUT2D eigenvalue weighted by Gasteiger charge is -2.11. The Labute approximate surface area is 224 Å². The fourth-order valence-electron chi connectivity index (χ4n) is 2.82. The first-order chi connectivity index (χ1) is 17.8. The molecule has 0 aliphatic carbocycles. The summed E-state index contributed by atoms with van der Waals surface area (Å²) in [6.45, 7) is 0.214. The van der Waals surface area contributed by atoms with E-state index in [0.29, 0.717) is 16.6 Å². The van der Waals surface area contributed by atoms with Crippen LogP contribution in [-0.4, -0.2) is 36.7 Å². The molecular weight excluding hydrogens is 571 g/mol. The Balaban J connectivity index is 1.41. The van der Waals surface area contributed by atoms with Crippen LogP contribution < -0.4 is 26.6 Å². The lowest BCUT2D eigenvalue weighted by Crippen LogP contribution is -2.41. The Hall–Kier alpha value is -3.47. The van der Waals surface area contributed by atoms with E-state index in [0.717, 1.165) is 17.4 Å². The average molecular weight is 592 g/mol. The summed E-state index contributed by atoms with van der Waals surface area (Å²) in [6.07, 6.45) is -2.51. The largest absolute Gasteiger partial charge is 0.417 e. The van der Waals surface area contributed by atoms with Gasteiger partial charge in [0.1, 0.15) is 15.8 Å². The van der Waals surface area contributed by atoms with E-state index in [1.165, 1.54) is 30.5 Å². The number of amides is 2. The van der Waals surface area contributed by atoms with E-state index in [9.17, 15) is 31.2 Å². The number of hydrazine groups is 1. The molecule has 3 heterocycles. The molecule has 0 saturated heterocycles. The summed E-state index contributed by atoms with van der Waals surface area (Å²) in [5, 5.41) is 5.13. The summed E-state index contributed by atoms with van der Waals surface area (Å²) in [6, 6.07) is 6.57. The predicted molar refractivity (Wildman–Crippen MR) is 135 cm³/mol. The third-order valence-corrected chi connectivity index (χ3v) is 7.85. The average Bonchev–Trinajstić information content (AvgIpc) is 3.35. The lowest BCUT2D eigenvalue weighted by atomic mass is 10.2. The second kappa shape index (κ2) is 12.4. The number of nitrogens with two attached hydrogens (primary N) is 1. The van der Waals surface area contributed by atoms with Crippen molar-refractivity contribution >= 4 is 56.4 Å². The van der Waals surface area contributed by atoms with Gasteiger partial charge in [-0.05, 0) is 36.8 Å². The minimum absolute atomic E-state index is 0.0237. The minimum atomic E-state index is -4.57. The molecule has 0 aromatic carbocycles. The summed E-state index contributed by atoms with van der Waals surface area (Å²) in [4.78, 5) is 34.1. The van der Waals surface area contributed by atoms with E-state index in [-0.39, 0.29) is 46.8 Å². The molecule has 0 fully saturated rings. The van der Waals surface area contributed by atoms with Crippen LogP contribution in [0.25, 0.3) is 0 Å². The highest BCUT2D eigenvalue weighted by molar-refractivity contribution is 7.91. The standard InChI is InChI=1S/C21H21ClF3N7O4S2/c22-15-8-13(21(23,24)25)10-29-19(15)27-7-1-2-17(33)31-32-38(35,36)18-6-4-14(37-18)11-30-20(34)12-3-5-16(26)28-9-12/h3-6,8-10,32H,1-2,7,11H2,(H2,26,28)(H,27,29)(H,30,34)(H,31,33). The van der Waals surface area contributed by atoms with Gasteiger partial charge in [0.25, 0.3) is 15.9 Å². The zero-order valence-corrected chi connectivity index (χ0v) is 21.7. The van der Waals surface area contributed by atoms with Gasteiger partial charge < -0.3 is 16.4 Å². The Bertz CT molecular complexity index is 1400. The Morgan fingerprint density at radius 1 is 1.11 bits per heavy atom. The Morgan fingerprint density at radius 3 is 2.53 bits per heavy atom. The van der Waals surface area contributed by atoms with Crippen LogP contribution in [-0.2, 0) is 27.5 Å². The van der Waals surface area contributed by atoms with E-state index in [1.807, 2.05) is 4.83 Å². The summed E-state index contributed by atoms with van der Waals surface area (Å²) in [5.74, 6) is -0.753. The molecule has 17 heteroatoms. The van der Waals surface area contributed by atoms with Gasteiger partial charge in [-0.1, -0.05) is 11.6 Å². The first-order valence-corrected chi connectivity index (χ1v) is 13.4. The van der Waals surface area contributed by atoms with Crippen molar-refractivity contribution in [3.8, 4) is 0 Å². The van der Waals surface area contributed by atoms with Gasteiger partial charge in [0.15, 0.2) is 0 Å². The molecule has 11 nitrogen and oxygen atoms in total. The zero-order valence-electron chi connectivity index (χ0n) is 19.3. The van der Waals surface area contributed by atoms with Crippen LogP contribution in [0.3, 0.4) is 0 Å². The number of hydrogen-bond donors (Lipinski definition) is 5. The number of carbonyl (C=O) groups excluding carboxylic acids is 2. The smallest absolute Gasteiger partial charge is 0.384 e. The highest BCUT2D eigenvalue weighted by Crippen LogP contribution is 2.32. The predicted octanol–water partition coefficient (Wildman–Crippen LogP) is 2.92. The number of carbonyl (C=O) groups is 2. The number of hydrogen-bond acceptors (Lipinski definition) is 9. The summed E-state index contributed by atoms with van der Waals surface area (Å²) in [5.41, 5.74) is 6.88. The molecule has 0 saturated carbocycles. The molecule has 6 N–H and O–H groups in total. The second-order valence-electron chi connectivity index (χ2n) is 7.61. The molecule has 38 heavy (non-hydrogen) atoms. The number of nitrogen functional groups attached to an aromatic ring is 1. The number of halogens is 4. The van der Waals surface area contributed by atoms with Crippen LogP contribution in [0.4, 0.5) is 24.8 Å². The van der Waals surface area contributed by atoms with E-state index < -0.39 is 33.6 Å². The van der Waals surface area contributed by atoms with Gasteiger partial charge in [-0.25, -0.2) is 18.4 Å². The zero-order chi connectivity index (χ0) is 27.9. The number of rotatable bonds is 11. The summed E-state index contributed by atoms with van der Waals surface area (Å²) < 4.78 is 62.8. The number of pyridine rings is 2. The van der Waals surface area contributed by atoms with Crippen LogP contribution in [0, 0.1) is 0 Å². The van der Waals surface area contributed by atoms with Crippen LogP contribution in [0.2, 0.25) is 5.02 Å². The fraction of sp³-hybridized carbons (Fsp3) is 0.238. The highest BCUT2D eigenvalue weighted by atomic mass is 35.5. The third-order valence-electron chi connectivity index (χ3n) is 4.74. The van der Waals surface area contributed by atoms with Crippen LogP contribution in [0.15, 0.2) is 46.9 Å². The number of sulfonamides is 1. The quantitative estimate of drug-likeness (QED) is 0.167. The van der Waals surface area contributed by atoms with E-state index in [2.05, 4.69) is 26.0 Å². The van der Waals surface area contributed by atoms with E-state index >= 15 is 0 Å². The van der Waals surface area contributed by atoms with Crippen molar-refractivity contribution in [2.75, 3.05) is 17.6 Å². The van der Waals surface area contributed by atoms with Gasteiger partial charge in [-0.3, -0.25) is 15.0 Å². The number of alkyl halides is 3. The first kappa shape index (κ1) is 29.1. The maximum atomic E-state index is 12.7. The maximum Gasteiger partial charge on any atom is 0.417 e. The fourth-order valence-corrected chi connectivity index (χ4v) is 5.21. The number of nitrogens with zero attached hydrogens (tertiary/aromatic N) is 2. The number of thiophene rings is 1. The molecule has 3 aromatic rings. The molecule has 3 aromatic heterocycles. The summed E-state index contributed by atoms with van der Waals surface area (Å²) in [7, 11) is -4.06. The van der Waals surface area contributed by atoms with Crippen molar-refractivity contribution in [1.82, 2.24) is 25.5 Å². The van der Waals surface area contributed by atoms with Gasteiger partial charge in [0, 0.05) is 30.2 Å². The van der Waals surface area contributed by atoms with Crippen molar-refractivity contribution in [2.45, 2.75) is 29.8 Å². The van der Waals surface area contributed by atoms with Gasteiger partial charge in [0.2, 0.25) is 5.91 Å². The normalized spacial score (nSPS) is 11.7. The monoisotopic (exact) mass is 591 g/mol. The molecule has 0 radical (unpaired) electrons. The van der Waals surface area contributed by atoms with E-state index in [4.69, 9.17) is 17.3 Å². The first-order valence-electron chi connectivity index (χ1n) is 10.7.